The van der Waals surface area contributed by atoms with Gasteiger partial charge in [-0.2, -0.15) is 4.98 Å². The van der Waals surface area contributed by atoms with Crippen LogP contribution in [-0.2, 0) is 0 Å². The third-order valence-electron chi connectivity index (χ3n) is 2.83. The lowest BCUT2D eigenvalue weighted by Gasteiger charge is -2.34. The van der Waals surface area contributed by atoms with E-state index in [0.29, 0.717) is 29.9 Å². The van der Waals surface area contributed by atoms with Crippen molar-refractivity contribution in [2.24, 2.45) is 11.3 Å². The molecule has 0 unspecified atom stereocenters. The monoisotopic (exact) mass is 294 g/mol. The van der Waals surface area contributed by atoms with Crippen LogP contribution in [0.3, 0.4) is 0 Å². The summed E-state index contributed by atoms with van der Waals surface area (Å²) in [5.41, 5.74) is 6.70. The van der Waals surface area contributed by atoms with Gasteiger partial charge in [0.15, 0.2) is 5.82 Å². The molecular formula is C16H30N4O. The van der Waals surface area contributed by atoms with Gasteiger partial charge in [-0.05, 0) is 31.6 Å². The molecule has 0 fully saturated rings. The van der Waals surface area contributed by atoms with Crippen LogP contribution in [0.1, 0.15) is 54.9 Å². The molecule has 0 amide bonds. The number of rotatable bonds is 6. The molecule has 0 bridgehead atoms. The molecule has 1 aromatic heterocycles. The smallest absolute Gasteiger partial charge is 0.242 e. The minimum absolute atomic E-state index is 0.115. The number of nitrogens with zero attached hydrogens (tertiary/aromatic N) is 2. The first-order valence-electron chi connectivity index (χ1n) is 7.52. The SMILES string of the molecule is CC(C)COc1ncnc(NC(C)(C)CC(C)(C)C)c1N. The minimum atomic E-state index is -0.115. The Morgan fingerprint density at radius 2 is 1.81 bits per heavy atom. The Kier molecular flexibility index (Phi) is 5.42. The summed E-state index contributed by atoms with van der Waals surface area (Å²) >= 11 is 0. The third-order valence-corrected chi connectivity index (χ3v) is 2.83. The Balaban J connectivity index is 2.86. The van der Waals surface area contributed by atoms with Gasteiger partial charge < -0.3 is 15.8 Å². The molecule has 0 aliphatic carbocycles. The molecule has 1 rings (SSSR count). The highest BCUT2D eigenvalue weighted by atomic mass is 16.5. The van der Waals surface area contributed by atoms with Crippen LogP contribution in [0, 0.1) is 11.3 Å². The van der Waals surface area contributed by atoms with E-state index < -0.39 is 0 Å². The van der Waals surface area contributed by atoms with Gasteiger partial charge in [-0.3, -0.25) is 0 Å². The summed E-state index contributed by atoms with van der Waals surface area (Å²) in [6, 6.07) is 0. The van der Waals surface area contributed by atoms with E-state index in [2.05, 4.69) is 63.8 Å². The predicted molar refractivity (Wildman–Crippen MR) is 88.6 cm³/mol. The molecule has 0 atom stereocenters. The van der Waals surface area contributed by atoms with Crippen LogP contribution in [0.2, 0.25) is 0 Å². The Labute approximate surface area is 128 Å². The maximum Gasteiger partial charge on any atom is 0.242 e. The molecule has 1 aromatic rings. The number of anilines is 2. The highest BCUT2D eigenvalue weighted by Gasteiger charge is 2.26. The fourth-order valence-corrected chi connectivity index (χ4v) is 2.53. The van der Waals surface area contributed by atoms with Crippen molar-refractivity contribution in [1.29, 1.82) is 0 Å². The van der Waals surface area contributed by atoms with E-state index in [-0.39, 0.29) is 11.0 Å². The largest absolute Gasteiger partial charge is 0.476 e. The van der Waals surface area contributed by atoms with Crippen LogP contribution in [0.4, 0.5) is 11.5 Å². The zero-order valence-corrected chi connectivity index (χ0v) is 14.4. The zero-order chi connectivity index (χ0) is 16.3. The molecule has 0 aromatic carbocycles. The van der Waals surface area contributed by atoms with E-state index in [1.807, 2.05) is 0 Å². The Bertz CT molecular complexity index is 464. The molecule has 5 nitrogen and oxygen atoms in total. The summed E-state index contributed by atoms with van der Waals surface area (Å²) in [6.45, 7) is 15.7. The maximum absolute atomic E-state index is 6.13. The fraction of sp³-hybridized carbons (Fsp3) is 0.750. The van der Waals surface area contributed by atoms with E-state index in [1.54, 1.807) is 0 Å². The standard InChI is InChI=1S/C16H30N4O/c1-11(2)8-21-14-12(17)13(18-10-19-14)20-16(6,7)9-15(3,4)5/h10-11H,8-9,17H2,1-7H3,(H,18,19,20). The normalized spacial score (nSPS) is 12.6. The van der Waals surface area contributed by atoms with Gasteiger partial charge in [0.05, 0.1) is 6.61 Å². The molecular weight excluding hydrogens is 264 g/mol. The highest BCUT2D eigenvalue weighted by Crippen LogP contribution is 2.32. The van der Waals surface area contributed by atoms with Gasteiger partial charge in [-0.1, -0.05) is 34.6 Å². The molecule has 3 N–H and O–H groups in total. The van der Waals surface area contributed by atoms with Crippen molar-refractivity contribution in [3.63, 3.8) is 0 Å². The van der Waals surface area contributed by atoms with Crippen molar-refractivity contribution in [2.75, 3.05) is 17.7 Å². The number of nitrogens with two attached hydrogens (primary N) is 1. The third kappa shape index (κ3) is 6.19. The van der Waals surface area contributed by atoms with Crippen LogP contribution in [0.15, 0.2) is 6.33 Å². The zero-order valence-electron chi connectivity index (χ0n) is 14.4. The van der Waals surface area contributed by atoms with Crippen molar-refractivity contribution >= 4 is 11.5 Å². The Morgan fingerprint density at radius 1 is 1.19 bits per heavy atom. The van der Waals surface area contributed by atoms with Crippen LogP contribution in [-0.4, -0.2) is 22.1 Å². The summed E-state index contributed by atoms with van der Waals surface area (Å²) in [5.74, 6) is 1.51. The molecule has 1 heterocycles. The molecule has 0 radical (unpaired) electrons. The lowest BCUT2D eigenvalue weighted by atomic mass is 9.82. The summed E-state index contributed by atoms with van der Waals surface area (Å²) in [7, 11) is 0. The number of hydrogen-bond acceptors (Lipinski definition) is 5. The molecule has 0 spiro atoms. The molecule has 0 aliphatic rings. The summed E-state index contributed by atoms with van der Waals surface area (Å²) < 4.78 is 5.64. The molecule has 21 heavy (non-hydrogen) atoms. The molecule has 0 saturated carbocycles. The van der Waals surface area contributed by atoms with Crippen molar-refractivity contribution in [3.05, 3.63) is 6.33 Å². The van der Waals surface area contributed by atoms with E-state index in [9.17, 15) is 0 Å². The van der Waals surface area contributed by atoms with Crippen LogP contribution >= 0.6 is 0 Å². The average Bonchev–Trinajstić information content (AvgIpc) is 2.26. The van der Waals surface area contributed by atoms with Gasteiger partial charge in [-0.25, -0.2) is 4.98 Å². The lowest BCUT2D eigenvalue weighted by molar-refractivity contribution is 0.262. The van der Waals surface area contributed by atoms with E-state index in [0.717, 1.165) is 6.42 Å². The summed E-state index contributed by atoms with van der Waals surface area (Å²) in [5, 5.41) is 3.42. The second kappa shape index (κ2) is 6.50. The maximum atomic E-state index is 6.13. The van der Waals surface area contributed by atoms with Gasteiger partial charge >= 0.3 is 0 Å². The molecule has 0 saturated heterocycles. The number of nitrogen functional groups attached to an aromatic ring is 1. The second-order valence-corrected chi connectivity index (χ2v) is 7.89. The molecule has 120 valence electrons. The first-order valence-corrected chi connectivity index (χ1v) is 7.52. The van der Waals surface area contributed by atoms with Crippen molar-refractivity contribution in [3.8, 4) is 5.88 Å². The van der Waals surface area contributed by atoms with Crippen molar-refractivity contribution in [2.45, 2.75) is 60.4 Å². The van der Waals surface area contributed by atoms with Crippen molar-refractivity contribution < 1.29 is 4.74 Å². The average molecular weight is 294 g/mol. The van der Waals surface area contributed by atoms with Crippen LogP contribution in [0.25, 0.3) is 0 Å². The van der Waals surface area contributed by atoms with E-state index in [1.165, 1.54) is 6.33 Å². The van der Waals surface area contributed by atoms with Gasteiger partial charge in [0.1, 0.15) is 12.0 Å². The van der Waals surface area contributed by atoms with Gasteiger partial charge in [-0.15, -0.1) is 0 Å². The van der Waals surface area contributed by atoms with Crippen LogP contribution < -0.4 is 15.8 Å². The summed E-state index contributed by atoms with van der Waals surface area (Å²) in [6.07, 6.45) is 2.48. The van der Waals surface area contributed by atoms with Gasteiger partial charge in [0.2, 0.25) is 5.88 Å². The first kappa shape index (κ1) is 17.5. The second-order valence-electron chi connectivity index (χ2n) is 7.89. The van der Waals surface area contributed by atoms with Gasteiger partial charge in [0.25, 0.3) is 0 Å². The predicted octanol–water partition coefficient (Wildman–Crippen LogP) is 3.72. The number of aromatic nitrogens is 2. The molecule has 0 aliphatic heterocycles. The first-order chi connectivity index (χ1) is 9.50. The summed E-state index contributed by atoms with van der Waals surface area (Å²) in [4.78, 5) is 8.37. The number of hydrogen-bond donors (Lipinski definition) is 2. The van der Waals surface area contributed by atoms with Crippen molar-refractivity contribution in [1.82, 2.24) is 9.97 Å². The topological polar surface area (TPSA) is 73.1 Å². The molecule has 5 heteroatoms. The van der Waals surface area contributed by atoms with Crippen LogP contribution in [0.5, 0.6) is 5.88 Å². The fourth-order valence-electron chi connectivity index (χ4n) is 2.53. The van der Waals surface area contributed by atoms with Gasteiger partial charge in [0, 0.05) is 5.54 Å². The van der Waals surface area contributed by atoms with E-state index >= 15 is 0 Å². The lowest BCUT2D eigenvalue weighted by Crippen LogP contribution is -2.36. The highest BCUT2D eigenvalue weighted by molar-refractivity contribution is 5.67. The number of nitrogens with one attached hydrogen (secondary N) is 1. The Morgan fingerprint density at radius 3 is 2.33 bits per heavy atom. The number of ether oxygens (including phenoxy) is 1. The quantitative estimate of drug-likeness (QED) is 0.836. The van der Waals surface area contributed by atoms with E-state index in [4.69, 9.17) is 10.5 Å². The minimum Gasteiger partial charge on any atom is -0.476 e. The Hall–Kier alpha value is -1.52.